The molecular weight excluding hydrogens is 300 g/mol. The molecule has 0 spiro atoms. The summed E-state index contributed by atoms with van der Waals surface area (Å²) in [5, 5.41) is 7.12. The van der Waals surface area contributed by atoms with E-state index >= 15 is 0 Å². The van der Waals surface area contributed by atoms with Gasteiger partial charge >= 0.3 is 0 Å². The van der Waals surface area contributed by atoms with Crippen LogP contribution in [0.25, 0.3) is 6.08 Å². The lowest BCUT2D eigenvalue weighted by Gasteiger charge is -2.18. The molecule has 3 aromatic rings. The molecule has 0 radical (unpaired) electrons. The maximum atomic E-state index is 12.3. The van der Waals surface area contributed by atoms with Crippen LogP contribution in [0.4, 0.5) is 0 Å². The topological polar surface area (TPSA) is 59.8 Å². The fraction of sp³-hybridized carbons (Fsp3) is 0.105. The number of carbonyl (C=O) groups is 1. The van der Waals surface area contributed by atoms with E-state index in [1.807, 2.05) is 55.7 Å². The van der Waals surface area contributed by atoms with E-state index in [4.69, 9.17) is 0 Å². The monoisotopic (exact) mass is 318 g/mol. The summed E-state index contributed by atoms with van der Waals surface area (Å²) in [5.41, 5.74) is 2.89. The molecule has 1 aromatic carbocycles. The molecule has 0 saturated carbocycles. The SMILES string of the molecule is Cn1cc(/C=C\C(=O)N[C@@H](c2ccccc2)c2ccncc2)cn1. The van der Waals surface area contributed by atoms with E-state index in [-0.39, 0.29) is 11.9 Å². The van der Waals surface area contributed by atoms with Crippen molar-refractivity contribution in [3.05, 3.63) is 90.0 Å². The molecule has 24 heavy (non-hydrogen) atoms. The first-order valence-electron chi connectivity index (χ1n) is 7.64. The fourth-order valence-corrected chi connectivity index (χ4v) is 2.45. The average molecular weight is 318 g/mol. The highest BCUT2D eigenvalue weighted by molar-refractivity contribution is 5.92. The van der Waals surface area contributed by atoms with Crippen LogP contribution in [0.3, 0.4) is 0 Å². The minimum atomic E-state index is -0.222. The molecule has 1 atom stereocenters. The van der Waals surface area contributed by atoms with Gasteiger partial charge in [0.05, 0.1) is 12.2 Å². The summed E-state index contributed by atoms with van der Waals surface area (Å²) in [6.07, 6.45) is 10.3. The van der Waals surface area contributed by atoms with E-state index < -0.39 is 0 Å². The van der Waals surface area contributed by atoms with Gasteiger partial charge < -0.3 is 5.32 Å². The molecular formula is C19H18N4O. The van der Waals surface area contributed by atoms with Gasteiger partial charge in [0.1, 0.15) is 0 Å². The Balaban J connectivity index is 1.79. The molecule has 2 heterocycles. The van der Waals surface area contributed by atoms with Crippen LogP contribution >= 0.6 is 0 Å². The van der Waals surface area contributed by atoms with Crippen LogP contribution < -0.4 is 5.32 Å². The molecule has 5 heteroatoms. The van der Waals surface area contributed by atoms with Crippen molar-refractivity contribution in [2.75, 3.05) is 0 Å². The van der Waals surface area contributed by atoms with Crippen molar-refractivity contribution in [2.24, 2.45) is 7.05 Å². The van der Waals surface area contributed by atoms with Crippen LogP contribution in [0, 0.1) is 0 Å². The van der Waals surface area contributed by atoms with Gasteiger partial charge in [-0.15, -0.1) is 0 Å². The number of hydrogen-bond acceptors (Lipinski definition) is 3. The van der Waals surface area contributed by atoms with Crippen molar-refractivity contribution in [2.45, 2.75) is 6.04 Å². The predicted molar refractivity (Wildman–Crippen MR) is 92.9 cm³/mol. The zero-order valence-corrected chi connectivity index (χ0v) is 13.3. The Labute approximate surface area is 140 Å². The molecule has 5 nitrogen and oxygen atoms in total. The van der Waals surface area contributed by atoms with Crippen molar-refractivity contribution in [3.8, 4) is 0 Å². The molecule has 0 aliphatic heterocycles. The zero-order valence-electron chi connectivity index (χ0n) is 13.3. The quantitative estimate of drug-likeness (QED) is 0.736. The maximum Gasteiger partial charge on any atom is 0.244 e. The van der Waals surface area contributed by atoms with E-state index in [0.29, 0.717) is 0 Å². The first-order valence-corrected chi connectivity index (χ1v) is 7.64. The zero-order chi connectivity index (χ0) is 16.8. The summed E-state index contributed by atoms with van der Waals surface area (Å²) in [6.45, 7) is 0. The summed E-state index contributed by atoms with van der Waals surface area (Å²) >= 11 is 0. The third-order valence-corrected chi connectivity index (χ3v) is 3.61. The van der Waals surface area contributed by atoms with Crippen molar-refractivity contribution in [1.29, 1.82) is 0 Å². The van der Waals surface area contributed by atoms with Crippen molar-refractivity contribution in [3.63, 3.8) is 0 Å². The van der Waals surface area contributed by atoms with E-state index in [0.717, 1.165) is 16.7 Å². The second kappa shape index (κ2) is 7.37. The first kappa shape index (κ1) is 15.7. The Bertz CT molecular complexity index is 785. The second-order valence-electron chi connectivity index (χ2n) is 5.41. The lowest BCUT2D eigenvalue weighted by molar-refractivity contribution is -0.116. The molecule has 0 aliphatic carbocycles. The third-order valence-electron chi connectivity index (χ3n) is 3.61. The highest BCUT2D eigenvalue weighted by atomic mass is 16.1. The number of aromatic nitrogens is 3. The van der Waals surface area contributed by atoms with Gasteiger partial charge in [-0.3, -0.25) is 14.5 Å². The minimum absolute atomic E-state index is 0.162. The highest BCUT2D eigenvalue weighted by Gasteiger charge is 2.15. The smallest absolute Gasteiger partial charge is 0.244 e. The van der Waals surface area contributed by atoms with Gasteiger partial charge in [-0.1, -0.05) is 30.3 Å². The van der Waals surface area contributed by atoms with Crippen molar-refractivity contribution in [1.82, 2.24) is 20.1 Å². The van der Waals surface area contributed by atoms with Gasteiger partial charge in [0.15, 0.2) is 0 Å². The van der Waals surface area contributed by atoms with E-state index in [1.165, 1.54) is 6.08 Å². The van der Waals surface area contributed by atoms with Gasteiger partial charge in [0.2, 0.25) is 5.91 Å². The normalized spacial score (nSPS) is 12.2. The van der Waals surface area contributed by atoms with Crippen molar-refractivity contribution >= 4 is 12.0 Å². The number of nitrogens with zero attached hydrogens (tertiary/aromatic N) is 3. The first-order chi connectivity index (χ1) is 11.7. The molecule has 0 unspecified atom stereocenters. The summed E-state index contributed by atoms with van der Waals surface area (Å²) < 4.78 is 1.70. The van der Waals surface area contributed by atoms with Crippen LogP contribution in [-0.2, 0) is 11.8 Å². The Kier molecular flexibility index (Phi) is 4.81. The molecule has 1 amide bonds. The molecule has 0 aliphatic rings. The minimum Gasteiger partial charge on any atom is -0.342 e. The molecule has 0 saturated heterocycles. The van der Waals surface area contributed by atoms with E-state index in [1.54, 1.807) is 29.3 Å². The summed E-state index contributed by atoms with van der Waals surface area (Å²) in [6, 6.07) is 13.5. The molecule has 0 fully saturated rings. The lowest BCUT2D eigenvalue weighted by Crippen LogP contribution is -2.27. The number of nitrogens with one attached hydrogen (secondary N) is 1. The third kappa shape index (κ3) is 3.95. The Hall–Kier alpha value is -3.21. The van der Waals surface area contributed by atoms with Crippen LogP contribution in [-0.4, -0.2) is 20.7 Å². The number of amides is 1. The number of carbonyl (C=O) groups excluding carboxylic acids is 1. The Morgan fingerprint density at radius 1 is 1.12 bits per heavy atom. The molecule has 0 bridgehead atoms. The Morgan fingerprint density at radius 2 is 1.83 bits per heavy atom. The predicted octanol–water partition coefficient (Wildman–Crippen LogP) is 2.73. The van der Waals surface area contributed by atoms with Gasteiger partial charge in [-0.05, 0) is 29.3 Å². The van der Waals surface area contributed by atoms with E-state index in [2.05, 4.69) is 15.4 Å². The molecule has 1 N–H and O–H groups in total. The number of hydrogen-bond donors (Lipinski definition) is 1. The summed E-state index contributed by atoms with van der Waals surface area (Å²) in [4.78, 5) is 16.4. The van der Waals surface area contributed by atoms with Crippen LogP contribution in [0.2, 0.25) is 0 Å². The van der Waals surface area contributed by atoms with Crippen molar-refractivity contribution < 1.29 is 4.79 Å². The summed E-state index contributed by atoms with van der Waals surface area (Å²) in [7, 11) is 1.84. The second-order valence-corrected chi connectivity index (χ2v) is 5.41. The highest BCUT2D eigenvalue weighted by Crippen LogP contribution is 2.21. The van der Waals surface area contributed by atoms with Gasteiger partial charge in [0.25, 0.3) is 0 Å². The molecule has 120 valence electrons. The van der Waals surface area contributed by atoms with Crippen LogP contribution in [0.15, 0.2) is 73.3 Å². The maximum absolute atomic E-state index is 12.3. The molecule has 3 rings (SSSR count). The number of benzene rings is 1. The van der Waals surface area contributed by atoms with Gasteiger partial charge in [-0.25, -0.2) is 0 Å². The van der Waals surface area contributed by atoms with Gasteiger partial charge in [-0.2, -0.15) is 5.10 Å². The fourth-order valence-electron chi connectivity index (χ4n) is 2.45. The number of rotatable bonds is 5. The lowest BCUT2D eigenvalue weighted by atomic mass is 9.99. The Morgan fingerprint density at radius 3 is 2.50 bits per heavy atom. The van der Waals surface area contributed by atoms with Crippen LogP contribution in [0.5, 0.6) is 0 Å². The van der Waals surface area contributed by atoms with Crippen LogP contribution in [0.1, 0.15) is 22.7 Å². The number of pyridine rings is 1. The largest absolute Gasteiger partial charge is 0.342 e. The standard InChI is InChI=1S/C19H18N4O/c1-23-14-15(13-21-23)7-8-18(24)22-19(16-5-3-2-4-6-16)17-9-11-20-12-10-17/h2-14,19H,1H3,(H,22,24)/b8-7-/t19-/m0/s1. The van der Waals surface area contributed by atoms with Gasteiger partial charge in [0, 0.05) is 37.3 Å². The molecule has 2 aromatic heterocycles. The average Bonchev–Trinajstić information content (AvgIpc) is 3.05. The number of aryl methyl sites for hydroxylation is 1. The summed E-state index contributed by atoms with van der Waals surface area (Å²) in [5.74, 6) is -0.162. The van der Waals surface area contributed by atoms with E-state index in [9.17, 15) is 4.79 Å².